The fourth-order valence-corrected chi connectivity index (χ4v) is 3.71. The van der Waals surface area contributed by atoms with E-state index < -0.39 is 0 Å². The Hall–Kier alpha value is -2.28. The van der Waals surface area contributed by atoms with Crippen LogP contribution in [0.15, 0.2) is 30.7 Å². The molecule has 3 heterocycles. The van der Waals surface area contributed by atoms with E-state index in [9.17, 15) is 0 Å². The summed E-state index contributed by atoms with van der Waals surface area (Å²) in [4.78, 5) is 8.49. The van der Waals surface area contributed by atoms with Crippen LogP contribution in [0.1, 0.15) is 0 Å². The third-order valence-electron chi connectivity index (χ3n) is 4.04. The van der Waals surface area contributed by atoms with Crippen molar-refractivity contribution in [3.8, 4) is 22.6 Å². The monoisotopic (exact) mass is 408 g/mol. The van der Waals surface area contributed by atoms with E-state index in [2.05, 4.69) is 15.1 Å². The molecule has 0 radical (unpaired) electrons. The zero-order chi connectivity index (χ0) is 18.4. The lowest BCUT2D eigenvalue weighted by Gasteiger charge is -2.15. The number of rotatable bonds is 3. The second-order valence-corrected chi connectivity index (χ2v) is 6.55. The Morgan fingerprint density at radius 1 is 0.923 bits per heavy atom. The third-order valence-corrected chi connectivity index (χ3v) is 5.00. The predicted molar refractivity (Wildman–Crippen MR) is 102 cm³/mol. The van der Waals surface area contributed by atoms with Gasteiger partial charge in [0, 0.05) is 34.8 Å². The van der Waals surface area contributed by atoms with Crippen LogP contribution >= 0.6 is 34.8 Å². The molecule has 0 saturated carbocycles. The molecule has 0 unspecified atom stereocenters. The van der Waals surface area contributed by atoms with Crippen LogP contribution in [-0.2, 0) is 0 Å². The van der Waals surface area contributed by atoms with E-state index in [0.29, 0.717) is 43.5 Å². The molecule has 0 spiro atoms. The zero-order valence-corrected chi connectivity index (χ0v) is 15.9. The Balaban J connectivity index is 2.15. The molecule has 0 saturated heterocycles. The number of fused-ring (bicyclic) bond motifs is 3. The zero-order valence-electron chi connectivity index (χ0n) is 13.6. The van der Waals surface area contributed by atoms with E-state index >= 15 is 0 Å². The smallest absolute Gasteiger partial charge is 0.163 e. The first-order chi connectivity index (χ1) is 12.5. The Morgan fingerprint density at radius 2 is 1.62 bits per heavy atom. The highest BCUT2D eigenvalue weighted by Crippen LogP contribution is 2.47. The van der Waals surface area contributed by atoms with Crippen molar-refractivity contribution >= 4 is 51.4 Å². The van der Waals surface area contributed by atoms with Crippen molar-refractivity contribution in [1.29, 1.82) is 0 Å². The minimum absolute atomic E-state index is 0.351. The van der Waals surface area contributed by atoms with E-state index in [-0.39, 0.29) is 0 Å². The number of ether oxygens (including phenoxy) is 2. The average Bonchev–Trinajstić information content (AvgIpc) is 3.12. The number of nitrogens with zero attached hydrogens (tertiary/aromatic N) is 4. The van der Waals surface area contributed by atoms with Crippen molar-refractivity contribution in [2.45, 2.75) is 0 Å². The van der Waals surface area contributed by atoms with Crippen molar-refractivity contribution < 1.29 is 9.47 Å². The predicted octanol–water partition coefficient (Wildman–Crippen LogP) is 4.92. The number of benzene rings is 1. The molecule has 6 nitrogen and oxygen atoms in total. The Labute approximate surface area is 163 Å². The molecule has 0 aliphatic carbocycles. The highest BCUT2D eigenvalue weighted by Gasteiger charge is 2.22. The maximum atomic E-state index is 6.56. The van der Waals surface area contributed by atoms with Crippen LogP contribution in [0.25, 0.3) is 27.7 Å². The van der Waals surface area contributed by atoms with Crippen LogP contribution in [0.4, 0.5) is 0 Å². The van der Waals surface area contributed by atoms with Gasteiger partial charge in [0.1, 0.15) is 23.0 Å². The summed E-state index contributed by atoms with van der Waals surface area (Å²) < 4.78 is 12.4. The number of hydrogen-bond acceptors (Lipinski definition) is 5. The third kappa shape index (κ3) is 2.53. The average molecular weight is 410 g/mol. The van der Waals surface area contributed by atoms with E-state index in [4.69, 9.17) is 44.3 Å². The Kier molecular flexibility index (Phi) is 4.26. The van der Waals surface area contributed by atoms with Gasteiger partial charge in [0.2, 0.25) is 0 Å². The van der Waals surface area contributed by atoms with E-state index in [1.807, 2.05) is 6.07 Å². The van der Waals surface area contributed by atoms with Crippen molar-refractivity contribution in [3.05, 3.63) is 45.9 Å². The second kappa shape index (κ2) is 6.46. The lowest BCUT2D eigenvalue weighted by Crippen LogP contribution is -1.98. The molecule has 26 heavy (non-hydrogen) atoms. The molecule has 1 aromatic carbocycles. The van der Waals surface area contributed by atoms with Crippen LogP contribution in [-0.4, -0.2) is 33.8 Å². The van der Waals surface area contributed by atoms with Crippen LogP contribution in [0.2, 0.25) is 15.2 Å². The molecule has 0 fully saturated rings. The van der Waals surface area contributed by atoms with Gasteiger partial charge in [-0.1, -0.05) is 34.8 Å². The van der Waals surface area contributed by atoms with Crippen molar-refractivity contribution in [2.24, 2.45) is 0 Å². The lowest BCUT2D eigenvalue weighted by molar-refractivity contribution is 0.395. The van der Waals surface area contributed by atoms with Gasteiger partial charge in [0.15, 0.2) is 5.65 Å². The Morgan fingerprint density at radius 3 is 2.27 bits per heavy atom. The topological polar surface area (TPSA) is 61.5 Å². The van der Waals surface area contributed by atoms with Crippen molar-refractivity contribution in [2.75, 3.05) is 14.2 Å². The molecule has 132 valence electrons. The summed E-state index contributed by atoms with van der Waals surface area (Å²) in [5, 5.41) is 6.16. The summed E-state index contributed by atoms with van der Waals surface area (Å²) in [6.45, 7) is 0. The normalized spacial score (nSPS) is 11.3. The second-order valence-electron chi connectivity index (χ2n) is 5.40. The number of halogens is 3. The molecule has 0 amide bonds. The first-order valence-corrected chi connectivity index (χ1v) is 8.57. The molecule has 0 atom stereocenters. The fraction of sp³-hybridized carbons (Fsp3) is 0.118. The van der Waals surface area contributed by atoms with Crippen molar-refractivity contribution in [1.82, 2.24) is 19.6 Å². The largest absolute Gasteiger partial charge is 0.495 e. The maximum absolute atomic E-state index is 6.56. The molecule has 3 aromatic heterocycles. The summed E-state index contributed by atoms with van der Waals surface area (Å²) >= 11 is 19.1. The summed E-state index contributed by atoms with van der Waals surface area (Å²) in [5.74, 6) is 0.879. The van der Waals surface area contributed by atoms with Crippen LogP contribution in [0, 0.1) is 0 Å². The summed E-state index contributed by atoms with van der Waals surface area (Å²) in [7, 11) is 3.05. The number of methoxy groups -OCH3 is 2. The van der Waals surface area contributed by atoms with Gasteiger partial charge in [0.05, 0.1) is 29.8 Å². The summed E-state index contributed by atoms with van der Waals surface area (Å²) in [6, 6.07) is 5.24. The number of pyridine rings is 2. The van der Waals surface area contributed by atoms with Gasteiger partial charge in [-0.2, -0.15) is 5.10 Å². The van der Waals surface area contributed by atoms with E-state index in [1.165, 1.54) is 20.5 Å². The van der Waals surface area contributed by atoms with E-state index in [1.54, 1.807) is 22.8 Å². The molecule has 0 aliphatic rings. The minimum atomic E-state index is 0.351. The minimum Gasteiger partial charge on any atom is -0.495 e. The molecule has 0 aliphatic heterocycles. The highest BCUT2D eigenvalue weighted by atomic mass is 35.5. The van der Waals surface area contributed by atoms with E-state index in [0.717, 1.165) is 10.9 Å². The standard InChI is InChI=1S/C17H11Cl3N4O2/c1-25-11-5-12(26-2)16(20)14(15(11)19)9-3-8-6-21-13(18)4-10(8)24-17(9)22-7-23-24/h3-7H,1-2H3. The molecule has 9 heteroatoms. The Bertz CT molecular complexity index is 1130. The van der Waals surface area contributed by atoms with Crippen LogP contribution < -0.4 is 9.47 Å². The fourth-order valence-electron chi connectivity index (χ4n) is 2.85. The lowest BCUT2D eigenvalue weighted by atomic mass is 10.0. The van der Waals surface area contributed by atoms with Gasteiger partial charge in [-0.15, -0.1) is 0 Å². The van der Waals surface area contributed by atoms with Gasteiger partial charge >= 0.3 is 0 Å². The molecular weight excluding hydrogens is 399 g/mol. The highest BCUT2D eigenvalue weighted by molar-refractivity contribution is 6.41. The first-order valence-electron chi connectivity index (χ1n) is 7.43. The van der Waals surface area contributed by atoms with Gasteiger partial charge in [0.25, 0.3) is 0 Å². The molecule has 0 bridgehead atoms. The van der Waals surface area contributed by atoms with Gasteiger partial charge in [-0.05, 0) is 6.07 Å². The van der Waals surface area contributed by atoms with Gasteiger partial charge in [-0.3, -0.25) is 0 Å². The quantitative estimate of drug-likeness (QED) is 0.449. The van der Waals surface area contributed by atoms with Gasteiger partial charge < -0.3 is 9.47 Å². The SMILES string of the molecule is COc1cc(OC)c(Cl)c(-c2cc3cnc(Cl)cc3n3ncnc23)c1Cl. The first kappa shape index (κ1) is 17.1. The molecular formula is C17H11Cl3N4O2. The van der Waals surface area contributed by atoms with Gasteiger partial charge in [-0.25, -0.2) is 14.5 Å². The number of hydrogen-bond donors (Lipinski definition) is 0. The molecule has 4 aromatic rings. The maximum Gasteiger partial charge on any atom is 0.163 e. The summed E-state index contributed by atoms with van der Waals surface area (Å²) in [6.07, 6.45) is 3.10. The number of aromatic nitrogens is 4. The molecule has 0 N–H and O–H groups in total. The van der Waals surface area contributed by atoms with Crippen molar-refractivity contribution in [3.63, 3.8) is 0 Å². The van der Waals surface area contributed by atoms with Crippen LogP contribution in [0.3, 0.4) is 0 Å². The summed E-state index contributed by atoms with van der Waals surface area (Å²) in [5.41, 5.74) is 2.55. The molecule has 4 rings (SSSR count). The van der Waals surface area contributed by atoms with Crippen LogP contribution in [0.5, 0.6) is 11.5 Å².